The molecule has 94 valence electrons. The molecule has 0 aromatic heterocycles. The molecule has 0 bridgehead atoms. The second-order valence-corrected chi connectivity index (χ2v) is 10.5. The fourth-order valence-corrected chi connectivity index (χ4v) is 2.71. The van der Waals surface area contributed by atoms with Crippen LogP contribution in [0.4, 0.5) is 0 Å². The summed E-state index contributed by atoms with van der Waals surface area (Å²) in [5, 5.41) is 0.210. The van der Waals surface area contributed by atoms with Crippen LogP contribution in [-0.4, -0.2) is 20.7 Å². The third-order valence-corrected chi connectivity index (χ3v) is 8.05. The van der Waals surface area contributed by atoms with Gasteiger partial charge in [-0.1, -0.05) is 27.7 Å². The van der Waals surface area contributed by atoms with Gasteiger partial charge in [-0.05, 0) is 43.1 Å². The van der Waals surface area contributed by atoms with Gasteiger partial charge >= 0.3 is 0 Å². The van der Waals surface area contributed by atoms with Crippen molar-refractivity contribution in [2.75, 3.05) is 0 Å². The van der Waals surface area contributed by atoms with Crippen molar-refractivity contribution in [3.8, 4) is 0 Å². The minimum absolute atomic E-state index is 0.0519. The van der Waals surface area contributed by atoms with E-state index in [2.05, 4.69) is 40.8 Å². The van der Waals surface area contributed by atoms with E-state index in [9.17, 15) is 4.79 Å². The highest BCUT2D eigenvalue weighted by molar-refractivity contribution is 6.74. The van der Waals surface area contributed by atoms with Gasteiger partial charge in [-0.15, -0.1) is 0 Å². The normalized spacial score (nSPS) is 16.1. The van der Waals surface area contributed by atoms with Gasteiger partial charge in [0.05, 0.1) is 6.10 Å². The van der Waals surface area contributed by atoms with Gasteiger partial charge in [0.2, 0.25) is 0 Å². The van der Waals surface area contributed by atoms with Crippen LogP contribution in [0.2, 0.25) is 18.1 Å². The maximum Gasteiger partial charge on any atom is 0.192 e. The maximum atomic E-state index is 10.5. The predicted octanol–water partition coefficient (Wildman–Crippen LogP) is 3.93. The predicted molar refractivity (Wildman–Crippen MR) is 72.2 cm³/mol. The smallest absolute Gasteiger partial charge is 0.192 e. The number of allylic oxidation sites excluding steroid dienone is 1. The summed E-state index contributed by atoms with van der Waals surface area (Å²) < 4.78 is 6.22. The zero-order valence-electron chi connectivity index (χ0n) is 11.8. The number of hydrogen-bond donors (Lipinski definition) is 0. The number of aldehydes is 1. The standard InChI is InChI=1S/C13H26O2Si/c1-8-12(9-10-14)11(2)15-16(6,7)13(3,4)5/h9-11H,8H2,1-7H3/b12-9+/t11-/m1/s1. The minimum Gasteiger partial charge on any atom is -0.411 e. The summed E-state index contributed by atoms with van der Waals surface area (Å²) in [6.45, 7) is 15.2. The molecular weight excluding hydrogens is 216 g/mol. The van der Waals surface area contributed by atoms with Crippen LogP contribution in [0.5, 0.6) is 0 Å². The molecule has 3 heteroatoms. The molecule has 0 saturated heterocycles. The first-order valence-electron chi connectivity index (χ1n) is 5.97. The van der Waals surface area contributed by atoms with Gasteiger partial charge < -0.3 is 4.43 Å². The molecule has 0 unspecified atom stereocenters. The molecule has 0 aliphatic rings. The van der Waals surface area contributed by atoms with Crippen molar-refractivity contribution < 1.29 is 9.22 Å². The van der Waals surface area contributed by atoms with Gasteiger partial charge in [0.25, 0.3) is 0 Å². The Morgan fingerprint density at radius 2 is 1.88 bits per heavy atom. The summed E-state index contributed by atoms with van der Waals surface area (Å²) in [7, 11) is -1.73. The number of rotatable bonds is 5. The van der Waals surface area contributed by atoms with Crippen LogP contribution in [0.25, 0.3) is 0 Å². The molecule has 0 saturated carbocycles. The lowest BCUT2D eigenvalue weighted by Gasteiger charge is -2.39. The maximum absolute atomic E-state index is 10.5. The van der Waals surface area contributed by atoms with Crippen molar-refractivity contribution >= 4 is 14.6 Å². The minimum atomic E-state index is -1.73. The molecule has 0 N–H and O–H groups in total. The molecule has 0 aliphatic carbocycles. The fourth-order valence-electron chi connectivity index (χ4n) is 1.32. The fraction of sp³-hybridized carbons (Fsp3) is 0.769. The van der Waals surface area contributed by atoms with Crippen LogP contribution in [0, 0.1) is 0 Å². The summed E-state index contributed by atoms with van der Waals surface area (Å²) >= 11 is 0. The third kappa shape index (κ3) is 4.22. The van der Waals surface area contributed by atoms with E-state index < -0.39 is 8.32 Å². The lowest BCUT2D eigenvalue weighted by molar-refractivity contribution is -0.104. The number of carbonyl (C=O) groups excluding carboxylic acids is 1. The van der Waals surface area contributed by atoms with Crippen molar-refractivity contribution in [2.24, 2.45) is 0 Å². The van der Waals surface area contributed by atoms with E-state index in [-0.39, 0.29) is 11.1 Å². The average Bonchev–Trinajstić information content (AvgIpc) is 2.11. The van der Waals surface area contributed by atoms with E-state index in [1.54, 1.807) is 6.08 Å². The van der Waals surface area contributed by atoms with Crippen molar-refractivity contribution in [3.63, 3.8) is 0 Å². The summed E-state index contributed by atoms with van der Waals surface area (Å²) in [6, 6.07) is 0. The van der Waals surface area contributed by atoms with E-state index in [1.165, 1.54) is 0 Å². The van der Waals surface area contributed by atoms with Crippen molar-refractivity contribution in [1.29, 1.82) is 0 Å². The number of carbonyl (C=O) groups is 1. The van der Waals surface area contributed by atoms with Crippen LogP contribution >= 0.6 is 0 Å². The second-order valence-electron chi connectivity index (χ2n) is 5.75. The molecule has 0 aromatic carbocycles. The van der Waals surface area contributed by atoms with Crippen molar-refractivity contribution in [3.05, 3.63) is 11.6 Å². The van der Waals surface area contributed by atoms with Crippen LogP contribution in [0.15, 0.2) is 11.6 Å². The zero-order valence-corrected chi connectivity index (χ0v) is 12.8. The second kappa shape index (κ2) is 5.78. The molecule has 2 nitrogen and oxygen atoms in total. The van der Waals surface area contributed by atoms with Gasteiger partial charge in [-0.3, -0.25) is 4.79 Å². The molecule has 0 amide bonds. The Morgan fingerprint density at radius 1 is 1.38 bits per heavy atom. The third-order valence-electron chi connectivity index (χ3n) is 3.49. The van der Waals surface area contributed by atoms with Crippen LogP contribution in [0.3, 0.4) is 0 Å². The lowest BCUT2D eigenvalue weighted by Crippen LogP contribution is -2.43. The monoisotopic (exact) mass is 242 g/mol. The van der Waals surface area contributed by atoms with E-state index >= 15 is 0 Å². The zero-order chi connectivity index (χ0) is 13.0. The van der Waals surface area contributed by atoms with Gasteiger partial charge in [-0.2, -0.15) is 0 Å². The van der Waals surface area contributed by atoms with E-state index in [0.29, 0.717) is 0 Å². The molecule has 0 radical (unpaired) electrons. The Labute approximate surface area is 101 Å². The van der Waals surface area contributed by atoms with Gasteiger partial charge in [0.15, 0.2) is 8.32 Å². The highest BCUT2D eigenvalue weighted by atomic mass is 28.4. The highest BCUT2D eigenvalue weighted by Crippen LogP contribution is 2.38. The topological polar surface area (TPSA) is 26.3 Å². The van der Waals surface area contributed by atoms with E-state index in [0.717, 1.165) is 18.3 Å². The van der Waals surface area contributed by atoms with Gasteiger partial charge in [0, 0.05) is 0 Å². The summed E-state index contributed by atoms with van der Waals surface area (Å²) in [5.74, 6) is 0. The van der Waals surface area contributed by atoms with E-state index in [4.69, 9.17) is 4.43 Å². The first kappa shape index (κ1) is 15.6. The Bertz CT molecular complexity index is 262. The molecule has 16 heavy (non-hydrogen) atoms. The van der Waals surface area contributed by atoms with Gasteiger partial charge in [0.1, 0.15) is 6.29 Å². The number of hydrogen-bond acceptors (Lipinski definition) is 2. The van der Waals surface area contributed by atoms with Crippen LogP contribution in [0.1, 0.15) is 41.0 Å². The Morgan fingerprint density at radius 3 is 2.19 bits per heavy atom. The van der Waals surface area contributed by atoms with Gasteiger partial charge in [-0.25, -0.2) is 0 Å². The molecular formula is C13H26O2Si. The molecule has 1 atom stereocenters. The average molecular weight is 242 g/mol. The Kier molecular flexibility index (Phi) is 5.63. The molecule has 0 aliphatic heterocycles. The molecule has 0 heterocycles. The quantitative estimate of drug-likeness (QED) is 0.415. The summed E-state index contributed by atoms with van der Waals surface area (Å²) in [4.78, 5) is 10.5. The largest absolute Gasteiger partial charge is 0.411 e. The highest BCUT2D eigenvalue weighted by Gasteiger charge is 2.38. The van der Waals surface area contributed by atoms with E-state index in [1.807, 2.05) is 6.92 Å². The molecule has 0 rings (SSSR count). The first-order chi connectivity index (χ1) is 7.15. The van der Waals surface area contributed by atoms with Crippen LogP contribution in [-0.2, 0) is 9.22 Å². The SMILES string of the molecule is CC/C(=C\C=O)[C@@H](C)O[Si](C)(C)C(C)(C)C. The molecule has 0 aromatic rings. The molecule has 0 fully saturated rings. The first-order valence-corrected chi connectivity index (χ1v) is 8.88. The Hall–Kier alpha value is -0.413. The van der Waals surface area contributed by atoms with Crippen molar-refractivity contribution in [2.45, 2.75) is 65.3 Å². The summed E-state index contributed by atoms with van der Waals surface area (Å²) in [5.41, 5.74) is 1.08. The molecule has 0 spiro atoms. The summed E-state index contributed by atoms with van der Waals surface area (Å²) in [6.07, 6.45) is 3.41. The van der Waals surface area contributed by atoms with Crippen LogP contribution < -0.4 is 0 Å². The Balaban J connectivity index is 4.73. The van der Waals surface area contributed by atoms with Crippen molar-refractivity contribution in [1.82, 2.24) is 0 Å². The lowest BCUT2D eigenvalue weighted by atomic mass is 10.1.